The lowest BCUT2D eigenvalue weighted by molar-refractivity contribution is -0.122. The zero-order chi connectivity index (χ0) is 20.4. The Morgan fingerprint density at radius 3 is 2.62 bits per heavy atom. The molecule has 1 amide bonds. The summed E-state index contributed by atoms with van der Waals surface area (Å²) in [5.41, 5.74) is 1.47. The van der Waals surface area contributed by atoms with Crippen LogP contribution in [0.15, 0.2) is 75.1 Å². The van der Waals surface area contributed by atoms with Crippen LogP contribution >= 0.6 is 35.6 Å². The minimum Gasteiger partial charge on any atom is -0.455 e. The van der Waals surface area contributed by atoms with Gasteiger partial charge in [0.05, 0.1) is 16.1 Å². The molecule has 144 valence electrons. The molecule has 0 atom stereocenters. The summed E-state index contributed by atoms with van der Waals surface area (Å²) >= 11 is 12.6. The maximum atomic E-state index is 13.0. The lowest BCUT2D eigenvalue weighted by Crippen LogP contribution is -2.22. The van der Waals surface area contributed by atoms with Crippen LogP contribution in [0.25, 0.3) is 17.4 Å². The van der Waals surface area contributed by atoms with E-state index in [0.717, 1.165) is 22.3 Å². The number of furan rings is 1. The first-order chi connectivity index (χ1) is 14.0. The number of carbonyl (C=O) groups excluding carboxylic acids is 1. The van der Waals surface area contributed by atoms with E-state index in [1.165, 1.54) is 18.3 Å². The second-order valence-corrected chi connectivity index (χ2v) is 8.05. The van der Waals surface area contributed by atoms with Gasteiger partial charge in [0.1, 0.15) is 17.3 Å². The number of thiocarbonyl (C=S) groups is 1. The van der Waals surface area contributed by atoms with Crippen LogP contribution in [0.3, 0.4) is 0 Å². The van der Waals surface area contributed by atoms with Crippen LogP contribution in [0.4, 0.5) is 4.39 Å². The molecular weight excluding hydrogens is 431 g/mol. The van der Waals surface area contributed by atoms with Crippen LogP contribution in [-0.4, -0.2) is 21.5 Å². The van der Waals surface area contributed by atoms with Crippen molar-refractivity contribution in [3.63, 3.8) is 0 Å². The van der Waals surface area contributed by atoms with E-state index < -0.39 is 0 Å². The summed E-state index contributed by atoms with van der Waals surface area (Å²) in [5.74, 6) is 0.363. The maximum absolute atomic E-state index is 13.0. The van der Waals surface area contributed by atoms with Crippen LogP contribution in [-0.2, 0) is 4.79 Å². The normalized spacial score (nSPS) is 15.8. The number of rotatable bonds is 4. The fourth-order valence-electron chi connectivity index (χ4n) is 2.61. The molecule has 2 aromatic carbocycles. The summed E-state index contributed by atoms with van der Waals surface area (Å²) in [6.07, 6.45) is 3.07. The van der Waals surface area contributed by atoms with E-state index in [9.17, 15) is 9.18 Å². The quantitative estimate of drug-likeness (QED) is 0.283. The van der Waals surface area contributed by atoms with Crippen molar-refractivity contribution < 1.29 is 13.6 Å². The first-order valence-electron chi connectivity index (χ1n) is 8.43. The van der Waals surface area contributed by atoms with Crippen LogP contribution in [0.2, 0.25) is 5.02 Å². The van der Waals surface area contributed by atoms with Gasteiger partial charge in [0.15, 0.2) is 4.32 Å². The average Bonchev–Trinajstić information content (AvgIpc) is 3.27. The van der Waals surface area contributed by atoms with E-state index in [0.29, 0.717) is 31.3 Å². The molecule has 2 heterocycles. The van der Waals surface area contributed by atoms with Crippen molar-refractivity contribution in [3.05, 3.63) is 87.7 Å². The highest BCUT2D eigenvalue weighted by Gasteiger charge is 2.32. The lowest BCUT2D eigenvalue weighted by atomic mass is 10.2. The smallest absolute Gasteiger partial charge is 0.286 e. The van der Waals surface area contributed by atoms with Crippen molar-refractivity contribution in [1.82, 2.24) is 5.01 Å². The fraction of sp³-hybridized carbons (Fsp3) is 0. The van der Waals surface area contributed by atoms with Gasteiger partial charge in [-0.25, -0.2) is 4.39 Å². The largest absolute Gasteiger partial charge is 0.455 e. The summed E-state index contributed by atoms with van der Waals surface area (Å²) in [6.45, 7) is 0. The van der Waals surface area contributed by atoms with Gasteiger partial charge in [-0.15, -0.1) is 0 Å². The first kappa shape index (κ1) is 19.6. The van der Waals surface area contributed by atoms with E-state index >= 15 is 0 Å². The van der Waals surface area contributed by atoms with Gasteiger partial charge >= 0.3 is 0 Å². The van der Waals surface area contributed by atoms with E-state index in [4.69, 9.17) is 28.2 Å². The van der Waals surface area contributed by atoms with Crippen molar-refractivity contribution in [2.24, 2.45) is 5.10 Å². The fourth-order valence-corrected chi connectivity index (χ4v) is 4.01. The maximum Gasteiger partial charge on any atom is 0.286 e. The molecule has 1 saturated heterocycles. The summed E-state index contributed by atoms with van der Waals surface area (Å²) in [6, 6.07) is 16.7. The monoisotopic (exact) mass is 442 g/mol. The van der Waals surface area contributed by atoms with Crippen LogP contribution in [0.1, 0.15) is 11.3 Å². The molecular formula is C21H12ClFN2O2S2. The predicted octanol–water partition coefficient (Wildman–Crippen LogP) is 5.97. The Kier molecular flexibility index (Phi) is 5.62. The number of carbonyl (C=O) groups is 1. The topological polar surface area (TPSA) is 45.8 Å². The molecule has 0 radical (unpaired) electrons. The molecule has 0 saturated carbocycles. The molecule has 29 heavy (non-hydrogen) atoms. The van der Waals surface area contributed by atoms with E-state index in [-0.39, 0.29) is 11.7 Å². The zero-order valence-corrected chi connectivity index (χ0v) is 17.1. The molecule has 0 unspecified atom stereocenters. The van der Waals surface area contributed by atoms with Gasteiger partial charge in [-0.05, 0) is 60.3 Å². The SMILES string of the molecule is O=C1/C(=C\c2ccc(F)cc2)SC(=S)N1/N=C/c1ccc(-c2ccccc2Cl)o1. The van der Waals surface area contributed by atoms with Crippen molar-refractivity contribution in [2.75, 3.05) is 0 Å². The molecule has 0 N–H and O–H groups in total. The average molecular weight is 443 g/mol. The number of hydrogen-bond donors (Lipinski definition) is 0. The Bertz CT molecular complexity index is 1160. The highest BCUT2D eigenvalue weighted by molar-refractivity contribution is 8.26. The van der Waals surface area contributed by atoms with E-state index in [1.54, 1.807) is 36.4 Å². The Hall–Kier alpha value is -2.74. The second kappa shape index (κ2) is 8.32. The Morgan fingerprint density at radius 2 is 1.86 bits per heavy atom. The molecule has 1 fully saturated rings. The van der Waals surface area contributed by atoms with Crippen LogP contribution in [0.5, 0.6) is 0 Å². The van der Waals surface area contributed by atoms with E-state index in [1.807, 2.05) is 18.2 Å². The molecule has 3 aromatic rings. The highest BCUT2D eigenvalue weighted by Crippen LogP contribution is 2.33. The molecule has 1 aliphatic heterocycles. The van der Waals surface area contributed by atoms with Crippen molar-refractivity contribution in [3.8, 4) is 11.3 Å². The lowest BCUT2D eigenvalue weighted by Gasteiger charge is -2.05. The number of benzene rings is 2. The van der Waals surface area contributed by atoms with Gasteiger partial charge in [-0.3, -0.25) is 4.79 Å². The first-order valence-corrected chi connectivity index (χ1v) is 10.0. The number of hydrazone groups is 1. The summed E-state index contributed by atoms with van der Waals surface area (Å²) < 4.78 is 19.1. The third kappa shape index (κ3) is 4.32. The van der Waals surface area contributed by atoms with Gasteiger partial charge in [-0.1, -0.05) is 47.6 Å². The van der Waals surface area contributed by atoms with Gasteiger partial charge in [-0.2, -0.15) is 10.1 Å². The van der Waals surface area contributed by atoms with Crippen LogP contribution < -0.4 is 0 Å². The molecule has 0 aliphatic carbocycles. The minimum absolute atomic E-state index is 0.303. The van der Waals surface area contributed by atoms with Crippen molar-refractivity contribution in [2.45, 2.75) is 0 Å². The third-order valence-electron chi connectivity index (χ3n) is 4.01. The number of thioether (sulfide) groups is 1. The van der Waals surface area contributed by atoms with Gasteiger partial charge in [0, 0.05) is 5.56 Å². The third-order valence-corrected chi connectivity index (χ3v) is 5.62. The van der Waals surface area contributed by atoms with Gasteiger partial charge in [0.25, 0.3) is 5.91 Å². The minimum atomic E-state index is -0.349. The number of hydrogen-bond acceptors (Lipinski definition) is 5. The molecule has 1 aromatic heterocycles. The summed E-state index contributed by atoms with van der Waals surface area (Å²) in [5, 5.41) is 5.87. The number of amides is 1. The molecule has 1 aliphatic rings. The Morgan fingerprint density at radius 1 is 1.10 bits per heavy atom. The Labute approximate surface area is 180 Å². The number of nitrogens with zero attached hydrogens (tertiary/aromatic N) is 2. The van der Waals surface area contributed by atoms with Crippen LogP contribution in [0, 0.1) is 5.82 Å². The zero-order valence-electron chi connectivity index (χ0n) is 14.7. The Balaban J connectivity index is 1.52. The van der Waals surface area contributed by atoms with Crippen molar-refractivity contribution in [1.29, 1.82) is 0 Å². The van der Waals surface area contributed by atoms with Crippen molar-refractivity contribution >= 4 is 58.1 Å². The standard InChI is InChI=1S/C21H12ClFN2O2S2/c22-17-4-2-1-3-16(17)18-10-9-15(27-18)12-24-25-20(26)19(29-21(25)28)11-13-5-7-14(23)8-6-13/h1-12H/b19-11+,24-12+. The summed E-state index contributed by atoms with van der Waals surface area (Å²) in [7, 11) is 0. The molecule has 8 heteroatoms. The van der Waals surface area contributed by atoms with Gasteiger partial charge in [0.2, 0.25) is 0 Å². The second-order valence-electron chi connectivity index (χ2n) is 5.97. The molecule has 0 spiro atoms. The predicted molar refractivity (Wildman–Crippen MR) is 118 cm³/mol. The van der Waals surface area contributed by atoms with Gasteiger partial charge < -0.3 is 4.42 Å². The highest BCUT2D eigenvalue weighted by atomic mass is 35.5. The molecule has 4 nitrogen and oxygen atoms in total. The molecule has 0 bridgehead atoms. The number of halogens is 2. The molecule has 4 rings (SSSR count). The summed E-state index contributed by atoms with van der Waals surface area (Å²) in [4.78, 5) is 13.0. The van der Waals surface area contributed by atoms with E-state index in [2.05, 4.69) is 5.10 Å².